The first kappa shape index (κ1) is 15.9. The molecule has 0 spiro atoms. The van der Waals surface area contributed by atoms with Gasteiger partial charge in [0.1, 0.15) is 11.4 Å². The number of benzene rings is 2. The lowest BCUT2D eigenvalue weighted by Gasteiger charge is -2.37. The lowest BCUT2D eigenvalue weighted by molar-refractivity contribution is 0.0620. The van der Waals surface area contributed by atoms with Crippen molar-refractivity contribution in [2.75, 3.05) is 0 Å². The second-order valence-corrected chi connectivity index (χ2v) is 7.02. The lowest BCUT2D eigenvalue weighted by Crippen LogP contribution is -2.41. The molecule has 1 amide bonds. The van der Waals surface area contributed by atoms with Crippen LogP contribution in [0.2, 0.25) is 5.02 Å². The lowest BCUT2D eigenvalue weighted by atomic mass is 9.89. The zero-order valence-corrected chi connectivity index (χ0v) is 14.3. The summed E-state index contributed by atoms with van der Waals surface area (Å²) in [6.07, 6.45) is 0.708. The van der Waals surface area contributed by atoms with Crippen molar-refractivity contribution in [3.05, 3.63) is 64.2 Å². The van der Waals surface area contributed by atoms with E-state index in [9.17, 15) is 4.79 Å². The van der Waals surface area contributed by atoms with Crippen molar-refractivity contribution in [3.63, 3.8) is 0 Å². The van der Waals surface area contributed by atoms with Gasteiger partial charge in [-0.2, -0.15) is 0 Å². The number of fused-ring (bicyclic) bond motifs is 1. The van der Waals surface area contributed by atoms with Crippen LogP contribution in [0.15, 0.2) is 42.5 Å². The maximum Gasteiger partial charge on any atom is 0.253 e. The second kappa shape index (κ2) is 5.89. The molecule has 1 heterocycles. The molecule has 1 N–H and O–H groups in total. The highest BCUT2D eigenvalue weighted by molar-refractivity contribution is 6.33. The number of carbonyl (C=O) groups is 1. The predicted octanol–water partition coefficient (Wildman–Crippen LogP) is 4.68. The van der Waals surface area contributed by atoms with Crippen molar-refractivity contribution in [1.29, 1.82) is 0 Å². The molecule has 0 radical (unpaired) electrons. The molecular formula is C19H20ClNO2. The summed E-state index contributed by atoms with van der Waals surface area (Å²) in [5.74, 6) is 0.663. The SMILES string of the molecule is Cc1ccc(C(=O)N[C@@H]2CC(C)(C)Oc3ccccc32)c(Cl)c1. The van der Waals surface area contributed by atoms with Crippen LogP contribution in [0.25, 0.3) is 0 Å². The summed E-state index contributed by atoms with van der Waals surface area (Å²) in [7, 11) is 0. The number of amides is 1. The number of hydrogen-bond acceptors (Lipinski definition) is 2. The first-order valence-electron chi connectivity index (χ1n) is 7.71. The van der Waals surface area contributed by atoms with Gasteiger partial charge < -0.3 is 10.1 Å². The average Bonchev–Trinajstić information content (AvgIpc) is 2.45. The Kier molecular flexibility index (Phi) is 4.07. The Morgan fingerprint density at radius 3 is 2.74 bits per heavy atom. The summed E-state index contributed by atoms with van der Waals surface area (Å²) in [6.45, 7) is 6.01. The molecule has 2 aromatic rings. The van der Waals surface area contributed by atoms with Gasteiger partial charge in [-0.25, -0.2) is 0 Å². The van der Waals surface area contributed by atoms with E-state index >= 15 is 0 Å². The van der Waals surface area contributed by atoms with E-state index in [2.05, 4.69) is 5.32 Å². The number of para-hydroxylation sites is 1. The summed E-state index contributed by atoms with van der Waals surface area (Å²) in [4.78, 5) is 12.6. The van der Waals surface area contributed by atoms with Gasteiger partial charge in [-0.1, -0.05) is 35.9 Å². The quantitative estimate of drug-likeness (QED) is 0.868. The topological polar surface area (TPSA) is 38.3 Å². The third-order valence-electron chi connectivity index (χ3n) is 4.05. The zero-order valence-electron chi connectivity index (χ0n) is 13.5. The minimum Gasteiger partial charge on any atom is -0.487 e. The first-order chi connectivity index (χ1) is 10.9. The minimum absolute atomic E-state index is 0.0974. The van der Waals surface area contributed by atoms with Crippen molar-refractivity contribution in [3.8, 4) is 5.75 Å². The van der Waals surface area contributed by atoms with Gasteiger partial charge in [0.2, 0.25) is 0 Å². The van der Waals surface area contributed by atoms with Crippen LogP contribution in [-0.2, 0) is 0 Å². The smallest absolute Gasteiger partial charge is 0.253 e. The molecule has 0 saturated carbocycles. The van der Waals surface area contributed by atoms with Crippen LogP contribution in [-0.4, -0.2) is 11.5 Å². The molecule has 3 nitrogen and oxygen atoms in total. The molecule has 0 saturated heterocycles. The van der Waals surface area contributed by atoms with Crippen LogP contribution in [0, 0.1) is 6.92 Å². The molecular weight excluding hydrogens is 310 g/mol. The molecule has 1 atom stereocenters. The zero-order chi connectivity index (χ0) is 16.6. The second-order valence-electron chi connectivity index (χ2n) is 6.61. The molecule has 0 bridgehead atoms. The van der Waals surface area contributed by atoms with Gasteiger partial charge in [-0.3, -0.25) is 4.79 Å². The van der Waals surface area contributed by atoms with Crippen molar-refractivity contribution in [2.24, 2.45) is 0 Å². The third kappa shape index (κ3) is 3.35. The number of halogens is 1. The minimum atomic E-state index is -0.330. The van der Waals surface area contributed by atoms with Gasteiger partial charge >= 0.3 is 0 Å². The largest absolute Gasteiger partial charge is 0.487 e. The van der Waals surface area contributed by atoms with Gasteiger partial charge in [0, 0.05) is 12.0 Å². The van der Waals surface area contributed by atoms with Crippen LogP contribution < -0.4 is 10.1 Å². The first-order valence-corrected chi connectivity index (χ1v) is 8.08. The van der Waals surface area contributed by atoms with Gasteiger partial charge in [0.05, 0.1) is 16.6 Å². The molecule has 0 aliphatic carbocycles. The number of aryl methyl sites for hydroxylation is 1. The van der Waals surface area contributed by atoms with E-state index in [0.717, 1.165) is 16.9 Å². The summed E-state index contributed by atoms with van der Waals surface area (Å²) >= 11 is 6.21. The van der Waals surface area contributed by atoms with Crippen molar-refractivity contribution in [2.45, 2.75) is 38.8 Å². The van der Waals surface area contributed by atoms with Crippen LogP contribution in [0.3, 0.4) is 0 Å². The molecule has 1 aliphatic heterocycles. The Morgan fingerprint density at radius 1 is 1.26 bits per heavy atom. The van der Waals surface area contributed by atoms with Crippen molar-refractivity contribution in [1.82, 2.24) is 5.32 Å². The van der Waals surface area contributed by atoms with Crippen LogP contribution >= 0.6 is 11.6 Å². The fourth-order valence-electron chi connectivity index (χ4n) is 2.97. The number of ether oxygens (including phenoxy) is 1. The third-order valence-corrected chi connectivity index (χ3v) is 4.36. The summed E-state index contributed by atoms with van der Waals surface area (Å²) in [6, 6.07) is 13.2. The molecule has 4 heteroatoms. The predicted molar refractivity (Wildman–Crippen MR) is 92.2 cm³/mol. The molecule has 2 aromatic carbocycles. The maximum absolute atomic E-state index is 12.6. The van der Waals surface area contributed by atoms with Gasteiger partial charge in [-0.05, 0) is 44.5 Å². The maximum atomic E-state index is 12.6. The molecule has 0 aromatic heterocycles. The molecule has 120 valence electrons. The molecule has 0 fully saturated rings. The molecule has 0 unspecified atom stereocenters. The van der Waals surface area contributed by atoms with Gasteiger partial charge in [-0.15, -0.1) is 0 Å². The van der Waals surface area contributed by atoms with E-state index in [0.29, 0.717) is 17.0 Å². The van der Waals surface area contributed by atoms with E-state index in [1.807, 2.05) is 51.1 Å². The number of nitrogens with one attached hydrogen (secondary N) is 1. The average molecular weight is 330 g/mol. The number of rotatable bonds is 2. The molecule has 3 rings (SSSR count). The Hall–Kier alpha value is -2.00. The van der Waals surface area contributed by atoms with Crippen molar-refractivity contribution < 1.29 is 9.53 Å². The highest BCUT2D eigenvalue weighted by Crippen LogP contribution is 2.39. The summed E-state index contributed by atoms with van der Waals surface area (Å²) in [5, 5.41) is 3.58. The number of carbonyl (C=O) groups excluding carboxylic acids is 1. The highest BCUT2D eigenvalue weighted by atomic mass is 35.5. The Balaban J connectivity index is 1.88. The van der Waals surface area contributed by atoms with Crippen LogP contribution in [0.1, 0.15) is 47.8 Å². The van der Waals surface area contributed by atoms with E-state index in [1.54, 1.807) is 12.1 Å². The summed E-state index contributed by atoms with van der Waals surface area (Å²) in [5.41, 5.74) is 2.20. The van der Waals surface area contributed by atoms with Crippen LogP contribution in [0.4, 0.5) is 0 Å². The Bertz CT molecular complexity index is 755. The Labute approximate surface area is 141 Å². The summed E-state index contributed by atoms with van der Waals surface area (Å²) < 4.78 is 6.00. The number of hydrogen-bond donors (Lipinski definition) is 1. The van der Waals surface area contributed by atoms with E-state index < -0.39 is 0 Å². The molecule has 23 heavy (non-hydrogen) atoms. The normalized spacial score (nSPS) is 18.7. The monoisotopic (exact) mass is 329 g/mol. The fourth-order valence-corrected chi connectivity index (χ4v) is 3.29. The van der Waals surface area contributed by atoms with E-state index in [1.165, 1.54) is 0 Å². The van der Waals surface area contributed by atoms with Crippen LogP contribution in [0.5, 0.6) is 5.75 Å². The Morgan fingerprint density at radius 2 is 2.00 bits per heavy atom. The van der Waals surface area contributed by atoms with E-state index in [-0.39, 0.29) is 17.6 Å². The van der Waals surface area contributed by atoms with Gasteiger partial charge in [0.25, 0.3) is 5.91 Å². The standard InChI is InChI=1S/C19H20ClNO2/c1-12-8-9-13(15(20)10-12)18(22)21-16-11-19(2,3)23-17-7-5-4-6-14(16)17/h4-10,16H,11H2,1-3H3,(H,21,22)/t16-/m1/s1. The van der Waals surface area contributed by atoms with Crippen molar-refractivity contribution >= 4 is 17.5 Å². The van der Waals surface area contributed by atoms with E-state index in [4.69, 9.17) is 16.3 Å². The van der Waals surface area contributed by atoms with Gasteiger partial charge in [0.15, 0.2) is 0 Å². The molecule has 1 aliphatic rings. The fraction of sp³-hybridized carbons (Fsp3) is 0.316. The highest BCUT2D eigenvalue weighted by Gasteiger charge is 2.34.